The zero-order chi connectivity index (χ0) is 26.9. The maximum Gasteiger partial charge on any atom is 0.174 e. The van der Waals surface area contributed by atoms with Crippen LogP contribution < -0.4 is 15.0 Å². The van der Waals surface area contributed by atoms with E-state index in [9.17, 15) is 0 Å². The molecule has 39 heavy (non-hydrogen) atoms. The van der Waals surface area contributed by atoms with Crippen molar-refractivity contribution in [2.24, 2.45) is 0 Å². The van der Waals surface area contributed by atoms with Gasteiger partial charge in [-0.05, 0) is 105 Å². The Morgan fingerprint density at radius 3 is 2.23 bits per heavy atom. The quantitative estimate of drug-likeness (QED) is 0.227. The van der Waals surface area contributed by atoms with Crippen molar-refractivity contribution < 1.29 is 4.74 Å². The highest BCUT2D eigenvalue weighted by Gasteiger charge is 2.42. The van der Waals surface area contributed by atoms with E-state index in [4.69, 9.17) is 21.9 Å². The highest BCUT2D eigenvalue weighted by molar-refractivity contribution is 7.80. The highest BCUT2D eigenvalue weighted by atomic mass is 32.1. The Kier molecular flexibility index (Phi) is 6.63. The topological polar surface area (TPSA) is 42.3 Å². The van der Waals surface area contributed by atoms with Crippen LogP contribution in [0.3, 0.4) is 0 Å². The van der Waals surface area contributed by atoms with Gasteiger partial charge in [0.1, 0.15) is 11.5 Å². The van der Waals surface area contributed by atoms with E-state index in [0.29, 0.717) is 5.11 Å². The van der Waals surface area contributed by atoms with Gasteiger partial charge in [0.05, 0.1) is 17.8 Å². The molecule has 1 N–H and O–H groups in total. The molecule has 5 aromatic rings. The van der Waals surface area contributed by atoms with Crippen molar-refractivity contribution >= 4 is 23.0 Å². The summed E-state index contributed by atoms with van der Waals surface area (Å²) in [6.45, 7) is 6.39. The van der Waals surface area contributed by atoms with Gasteiger partial charge in [-0.2, -0.15) is 0 Å². The molecular weight excluding hydrogens is 500 g/mol. The van der Waals surface area contributed by atoms with Crippen LogP contribution >= 0.6 is 12.2 Å². The Bertz CT molecular complexity index is 1610. The lowest BCUT2D eigenvalue weighted by Gasteiger charge is -2.28. The first-order valence-electron chi connectivity index (χ1n) is 13.1. The van der Waals surface area contributed by atoms with Gasteiger partial charge in [0.2, 0.25) is 0 Å². The summed E-state index contributed by atoms with van der Waals surface area (Å²) < 4.78 is 8.47. The van der Waals surface area contributed by atoms with Gasteiger partial charge in [-0.25, -0.2) is 0 Å². The van der Waals surface area contributed by atoms with Crippen LogP contribution in [0.1, 0.15) is 40.3 Å². The first kappa shape index (κ1) is 24.9. The maximum atomic E-state index is 6.16. The number of nitrogens with zero attached hydrogens (tertiary/aromatic N) is 3. The number of aryl methyl sites for hydroxylation is 2. The molecule has 6 heteroatoms. The number of aromatic nitrogens is 2. The number of rotatable bonds is 6. The maximum absolute atomic E-state index is 6.16. The van der Waals surface area contributed by atoms with Crippen molar-refractivity contribution in [2.75, 3.05) is 4.90 Å². The SMILES string of the molecule is Cc1ccccc1Oc1ccc(N2C(=S)NC(c3ccccn3)C2c2cc(C)n(-c3ccccc3)c2C)cc1. The molecule has 1 aliphatic rings. The van der Waals surface area contributed by atoms with Gasteiger partial charge in [-0.15, -0.1) is 0 Å². The van der Waals surface area contributed by atoms with E-state index < -0.39 is 0 Å². The van der Waals surface area contributed by atoms with Crippen LogP contribution in [0.15, 0.2) is 109 Å². The fraction of sp³-hybridized carbons (Fsp3) is 0.152. The van der Waals surface area contributed by atoms with Crippen LogP contribution in [0, 0.1) is 20.8 Å². The Balaban J connectivity index is 1.41. The summed E-state index contributed by atoms with van der Waals surface area (Å²) in [5.41, 5.74) is 7.76. The fourth-order valence-electron chi connectivity index (χ4n) is 5.48. The van der Waals surface area contributed by atoms with Crippen LogP contribution in [-0.2, 0) is 0 Å². The van der Waals surface area contributed by atoms with E-state index in [0.717, 1.165) is 34.1 Å². The molecule has 0 amide bonds. The minimum Gasteiger partial charge on any atom is -0.457 e. The van der Waals surface area contributed by atoms with E-state index in [2.05, 4.69) is 77.2 Å². The molecule has 1 saturated heterocycles. The van der Waals surface area contributed by atoms with Crippen molar-refractivity contribution in [2.45, 2.75) is 32.9 Å². The Morgan fingerprint density at radius 2 is 1.51 bits per heavy atom. The van der Waals surface area contributed by atoms with Crippen LogP contribution in [-0.4, -0.2) is 14.7 Å². The Labute approximate surface area is 234 Å². The van der Waals surface area contributed by atoms with Crippen LogP contribution in [0.5, 0.6) is 11.5 Å². The molecule has 0 radical (unpaired) electrons. The molecule has 0 aliphatic carbocycles. The highest BCUT2D eigenvalue weighted by Crippen LogP contribution is 2.44. The predicted octanol–water partition coefficient (Wildman–Crippen LogP) is 7.77. The Morgan fingerprint density at radius 1 is 0.795 bits per heavy atom. The number of pyridine rings is 1. The van der Waals surface area contributed by atoms with E-state index >= 15 is 0 Å². The summed E-state index contributed by atoms with van der Waals surface area (Å²) in [5.74, 6) is 1.64. The molecular formula is C33H30N4OS. The second kappa shape index (κ2) is 10.4. The number of anilines is 1. The number of nitrogens with one attached hydrogen (secondary N) is 1. The third-order valence-corrected chi connectivity index (χ3v) is 7.65. The largest absolute Gasteiger partial charge is 0.457 e. The molecule has 3 aromatic carbocycles. The molecule has 5 nitrogen and oxygen atoms in total. The molecule has 194 valence electrons. The number of hydrogen-bond donors (Lipinski definition) is 1. The standard InChI is InChI=1S/C33H30N4OS/c1-22-11-7-8-15-30(22)38-27-18-16-26(17-19-27)37-32(31(35-33(37)39)29-14-9-10-20-34-29)28-21-23(2)36(24(28)3)25-12-5-4-6-13-25/h4-21,31-32H,1-3H3,(H,35,39). The van der Waals surface area contributed by atoms with E-state index in [1.807, 2.05) is 67.7 Å². The van der Waals surface area contributed by atoms with Gasteiger partial charge in [0, 0.05) is 29.0 Å². The predicted molar refractivity (Wildman–Crippen MR) is 161 cm³/mol. The van der Waals surface area contributed by atoms with Crippen molar-refractivity contribution in [3.8, 4) is 17.2 Å². The lowest BCUT2D eigenvalue weighted by Crippen LogP contribution is -2.29. The molecule has 1 aliphatic heterocycles. The summed E-state index contributed by atoms with van der Waals surface area (Å²) in [6, 6.07) is 34.8. The second-order valence-corrected chi connectivity index (χ2v) is 10.2. The van der Waals surface area contributed by atoms with Gasteiger partial charge < -0.3 is 19.5 Å². The first-order chi connectivity index (χ1) is 19.0. The smallest absolute Gasteiger partial charge is 0.174 e. The van der Waals surface area contributed by atoms with Crippen LogP contribution in [0.25, 0.3) is 5.69 Å². The van der Waals surface area contributed by atoms with Gasteiger partial charge in [-0.3, -0.25) is 4.98 Å². The van der Waals surface area contributed by atoms with Gasteiger partial charge in [-0.1, -0.05) is 42.5 Å². The van der Waals surface area contributed by atoms with Crippen LogP contribution in [0.2, 0.25) is 0 Å². The molecule has 0 spiro atoms. The zero-order valence-corrected chi connectivity index (χ0v) is 23.0. The van der Waals surface area contributed by atoms with Gasteiger partial charge >= 0.3 is 0 Å². The monoisotopic (exact) mass is 530 g/mol. The second-order valence-electron chi connectivity index (χ2n) is 9.86. The molecule has 0 saturated carbocycles. The molecule has 2 aromatic heterocycles. The number of benzene rings is 3. The molecule has 2 unspecified atom stereocenters. The normalized spacial score (nSPS) is 16.8. The number of thiocarbonyl (C=S) groups is 1. The average Bonchev–Trinajstić information content (AvgIpc) is 3.46. The van der Waals surface area contributed by atoms with Gasteiger partial charge in [0.15, 0.2) is 5.11 Å². The molecule has 0 bridgehead atoms. The van der Waals surface area contributed by atoms with Crippen molar-refractivity contribution in [3.63, 3.8) is 0 Å². The summed E-state index contributed by atoms with van der Waals surface area (Å²) in [4.78, 5) is 6.92. The lowest BCUT2D eigenvalue weighted by molar-refractivity contribution is 0.479. The summed E-state index contributed by atoms with van der Waals surface area (Å²) in [6.07, 6.45) is 1.84. The third-order valence-electron chi connectivity index (χ3n) is 7.34. The average molecular weight is 531 g/mol. The number of hydrogen-bond acceptors (Lipinski definition) is 3. The summed E-state index contributed by atoms with van der Waals surface area (Å²) in [5, 5.41) is 4.25. The fourth-order valence-corrected chi connectivity index (χ4v) is 5.83. The summed E-state index contributed by atoms with van der Waals surface area (Å²) in [7, 11) is 0. The van der Waals surface area contributed by atoms with Crippen molar-refractivity contribution in [3.05, 3.63) is 138 Å². The molecule has 1 fully saturated rings. The van der Waals surface area contributed by atoms with Crippen LogP contribution in [0.4, 0.5) is 5.69 Å². The number of para-hydroxylation sites is 2. The van der Waals surface area contributed by atoms with Crippen molar-refractivity contribution in [1.82, 2.24) is 14.9 Å². The molecule has 2 atom stereocenters. The minimum atomic E-state index is -0.105. The van der Waals surface area contributed by atoms with Crippen molar-refractivity contribution in [1.29, 1.82) is 0 Å². The van der Waals surface area contributed by atoms with E-state index in [1.54, 1.807) is 0 Å². The Hall–Kier alpha value is -4.42. The van der Waals surface area contributed by atoms with Gasteiger partial charge in [0.25, 0.3) is 0 Å². The summed E-state index contributed by atoms with van der Waals surface area (Å²) >= 11 is 5.96. The van der Waals surface area contributed by atoms with E-state index in [-0.39, 0.29) is 12.1 Å². The third kappa shape index (κ3) is 4.68. The molecule has 3 heterocycles. The first-order valence-corrected chi connectivity index (χ1v) is 13.5. The molecule has 6 rings (SSSR count). The lowest BCUT2D eigenvalue weighted by atomic mass is 9.96. The number of ether oxygens (including phenoxy) is 1. The minimum absolute atomic E-state index is 0.0841. The van der Waals surface area contributed by atoms with E-state index in [1.165, 1.54) is 17.0 Å². The zero-order valence-electron chi connectivity index (χ0n) is 22.2.